The first-order valence-electron chi connectivity index (χ1n) is 7.30. The summed E-state index contributed by atoms with van der Waals surface area (Å²) in [6.07, 6.45) is 4.08. The minimum Gasteiger partial charge on any atom is -0.374 e. The molecule has 2 heterocycles. The van der Waals surface area contributed by atoms with E-state index in [4.69, 9.17) is 0 Å². The third kappa shape index (κ3) is 2.97. The number of nitrogens with zero attached hydrogens (tertiary/aromatic N) is 3. The van der Waals surface area contributed by atoms with Crippen molar-refractivity contribution < 1.29 is 0 Å². The van der Waals surface area contributed by atoms with Gasteiger partial charge in [0.2, 0.25) is 0 Å². The predicted octanol–water partition coefficient (Wildman–Crippen LogP) is 3.56. The van der Waals surface area contributed by atoms with E-state index in [1.165, 1.54) is 11.3 Å². The zero-order valence-corrected chi connectivity index (χ0v) is 14.5. The summed E-state index contributed by atoms with van der Waals surface area (Å²) in [5.41, 5.74) is 3.81. The molecule has 2 aromatic rings. The largest absolute Gasteiger partial charge is 0.374 e. The van der Waals surface area contributed by atoms with E-state index in [0.29, 0.717) is 0 Å². The summed E-state index contributed by atoms with van der Waals surface area (Å²) >= 11 is 2.27. The minimum absolute atomic E-state index is 0.798. The van der Waals surface area contributed by atoms with Gasteiger partial charge >= 0.3 is 0 Å². The maximum absolute atomic E-state index is 4.68. The maximum Gasteiger partial charge on any atom is 0.161 e. The van der Waals surface area contributed by atoms with E-state index < -0.39 is 0 Å². The van der Waals surface area contributed by atoms with Gasteiger partial charge in [0.05, 0.1) is 3.57 Å². The van der Waals surface area contributed by atoms with Gasteiger partial charge in [0.15, 0.2) is 5.82 Å². The van der Waals surface area contributed by atoms with Crippen LogP contribution in [0.3, 0.4) is 0 Å². The Labute approximate surface area is 139 Å². The summed E-state index contributed by atoms with van der Waals surface area (Å²) in [5, 5.41) is 3.37. The van der Waals surface area contributed by atoms with Crippen LogP contribution in [0.15, 0.2) is 24.4 Å². The van der Waals surface area contributed by atoms with Crippen LogP contribution in [-0.2, 0) is 6.42 Å². The van der Waals surface area contributed by atoms with Gasteiger partial charge in [0, 0.05) is 37.6 Å². The van der Waals surface area contributed by atoms with Gasteiger partial charge in [0.1, 0.15) is 5.82 Å². The lowest BCUT2D eigenvalue weighted by molar-refractivity contribution is 0.956. The lowest BCUT2D eigenvalue weighted by Gasteiger charge is -2.12. The molecule has 0 spiro atoms. The van der Waals surface area contributed by atoms with E-state index in [9.17, 15) is 0 Å². The lowest BCUT2D eigenvalue weighted by atomic mass is 10.1. The number of halogens is 1. The van der Waals surface area contributed by atoms with Crippen LogP contribution in [0, 0.1) is 3.57 Å². The summed E-state index contributed by atoms with van der Waals surface area (Å²) in [6.45, 7) is 4.18. The molecule has 0 saturated carbocycles. The monoisotopic (exact) mass is 394 g/mol. The first-order chi connectivity index (χ1) is 10.2. The minimum atomic E-state index is 0.798. The molecule has 0 fully saturated rings. The highest BCUT2D eigenvalue weighted by molar-refractivity contribution is 14.1. The van der Waals surface area contributed by atoms with Crippen LogP contribution >= 0.6 is 22.6 Å². The molecule has 1 N–H and O–H groups in total. The van der Waals surface area contributed by atoms with E-state index in [2.05, 4.69) is 74.9 Å². The zero-order valence-electron chi connectivity index (χ0n) is 12.4. The predicted molar refractivity (Wildman–Crippen MR) is 95.9 cm³/mol. The Morgan fingerprint density at radius 3 is 3.05 bits per heavy atom. The number of nitrogens with one attached hydrogen (secondary N) is 1. The van der Waals surface area contributed by atoms with Gasteiger partial charge in [-0.3, -0.25) is 0 Å². The van der Waals surface area contributed by atoms with Crippen LogP contribution in [0.2, 0.25) is 0 Å². The summed E-state index contributed by atoms with van der Waals surface area (Å²) < 4.78 is 1.06. The molecule has 0 aliphatic carbocycles. The average molecular weight is 394 g/mol. The summed E-state index contributed by atoms with van der Waals surface area (Å²) in [6, 6.07) is 6.52. The smallest absolute Gasteiger partial charge is 0.161 e. The topological polar surface area (TPSA) is 41.1 Å². The molecular formula is C16H19IN4. The molecule has 1 aromatic carbocycles. The Bertz CT molecular complexity index is 657. The first-order valence-corrected chi connectivity index (χ1v) is 8.37. The second kappa shape index (κ2) is 6.17. The van der Waals surface area contributed by atoms with Crippen molar-refractivity contribution in [3.63, 3.8) is 0 Å². The highest BCUT2D eigenvalue weighted by Crippen LogP contribution is 2.30. The molecule has 21 heavy (non-hydrogen) atoms. The van der Waals surface area contributed by atoms with Crippen LogP contribution < -0.4 is 10.2 Å². The molecule has 0 saturated heterocycles. The quantitative estimate of drug-likeness (QED) is 0.806. The fourth-order valence-corrected chi connectivity index (χ4v) is 3.03. The van der Waals surface area contributed by atoms with Crippen molar-refractivity contribution in [3.05, 3.63) is 33.5 Å². The number of benzene rings is 1. The van der Waals surface area contributed by atoms with Crippen molar-refractivity contribution in [2.75, 3.05) is 30.4 Å². The van der Waals surface area contributed by atoms with Crippen LogP contribution in [0.5, 0.6) is 0 Å². The van der Waals surface area contributed by atoms with Crippen LogP contribution in [0.4, 0.5) is 11.5 Å². The third-order valence-corrected chi connectivity index (χ3v) is 4.54. The third-order valence-electron chi connectivity index (χ3n) is 3.75. The van der Waals surface area contributed by atoms with Gasteiger partial charge in [-0.15, -0.1) is 0 Å². The number of hydrogen-bond donors (Lipinski definition) is 1. The van der Waals surface area contributed by atoms with Gasteiger partial charge in [-0.1, -0.05) is 6.92 Å². The van der Waals surface area contributed by atoms with E-state index in [1.54, 1.807) is 0 Å². The second-order valence-corrected chi connectivity index (χ2v) is 6.49. The van der Waals surface area contributed by atoms with Crippen molar-refractivity contribution in [1.82, 2.24) is 9.97 Å². The van der Waals surface area contributed by atoms with Gasteiger partial charge in [-0.05, 0) is 59.2 Å². The molecular weight excluding hydrogens is 375 g/mol. The Kier molecular flexibility index (Phi) is 4.28. The Hall–Kier alpha value is -1.37. The molecule has 110 valence electrons. The van der Waals surface area contributed by atoms with E-state index in [0.717, 1.165) is 46.7 Å². The molecule has 3 rings (SSSR count). The van der Waals surface area contributed by atoms with E-state index in [1.807, 2.05) is 6.20 Å². The molecule has 0 atom stereocenters. The van der Waals surface area contributed by atoms with Crippen molar-refractivity contribution in [2.24, 2.45) is 0 Å². The van der Waals surface area contributed by atoms with Crippen LogP contribution in [-0.4, -0.2) is 30.1 Å². The molecule has 5 heteroatoms. The molecule has 0 radical (unpaired) electrons. The molecule has 1 aromatic heterocycles. The number of aromatic nitrogens is 2. The number of likely N-dealkylation sites (N-methyl/N-ethyl adjacent to an activating group) is 1. The van der Waals surface area contributed by atoms with Crippen LogP contribution in [0.1, 0.15) is 18.9 Å². The van der Waals surface area contributed by atoms with Crippen molar-refractivity contribution in [3.8, 4) is 11.4 Å². The van der Waals surface area contributed by atoms with Crippen LogP contribution in [0.25, 0.3) is 11.4 Å². The van der Waals surface area contributed by atoms with E-state index in [-0.39, 0.29) is 0 Å². The standard InChI is InChI=1S/C16H19IN4/c1-3-7-18-16-13(17)10-19-15(20-16)12-4-5-14-11(9-12)6-8-21(14)2/h4-5,9-10H,3,6-8H2,1-2H3,(H,18,19,20). The maximum atomic E-state index is 4.68. The molecule has 4 nitrogen and oxygen atoms in total. The molecule has 0 unspecified atom stereocenters. The Morgan fingerprint density at radius 2 is 2.24 bits per heavy atom. The fourth-order valence-electron chi connectivity index (χ4n) is 2.58. The molecule has 0 amide bonds. The second-order valence-electron chi connectivity index (χ2n) is 5.33. The highest BCUT2D eigenvalue weighted by Gasteiger charge is 2.17. The molecule has 1 aliphatic heterocycles. The van der Waals surface area contributed by atoms with Crippen molar-refractivity contribution >= 4 is 34.1 Å². The lowest BCUT2D eigenvalue weighted by Crippen LogP contribution is -2.12. The number of anilines is 2. The highest BCUT2D eigenvalue weighted by atomic mass is 127. The summed E-state index contributed by atoms with van der Waals surface area (Å²) in [4.78, 5) is 11.5. The Morgan fingerprint density at radius 1 is 1.38 bits per heavy atom. The number of rotatable bonds is 4. The molecule has 0 bridgehead atoms. The van der Waals surface area contributed by atoms with E-state index >= 15 is 0 Å². The van der Waals surface area contributed by atoms with Gasteiger partial charge < -0.3 is 10.2 Å². The fraction of sp³-hybridized carbons (Fsp3) is 0.375. The summed E-state index contributed by atoms with van der Waals surface area (Å²) in [5.74, 6) is 1.73. The number of hydrogen-bond acceptors (Lipinski definition) is 4. The average Bonchev–Trinajstić information content (AvgIpc) is 2.87. The van der Waals surface area contributed by atoms with Crippen molar-refractivity contribution in [2.45, 2.75) is 19.8 Å². The summed E-state index contributed by atoms with van der Waals surface area (Å²) in [7, 11) is 2.14. The van der Waals surface area contributed by atoms with Gasteiger partial charge in [-0.2, -0.15) is 0 Å². The van der Waals surface area contributed by atoms with Gasteiger partial charge in [-0.25, -0.2) is 9.97 Å². The zero-order chi connectivity index (χ0) is 14.8. The normalized spacial score (nSPS) is 13.4. The van der Waals surface area contributed by atoms with Crippen molar-refractivity contribution in [1.29, 1.82) is 0 Å². The SMILES string of the molecule is CCCNc1nc(-c2ccc3c(c2)CCN3C)ncc1I. The number of fused-ring (bicyclic) bond motifs is 1. The first kappa shape index (κ1) is 14.6. The Balaban J connectivity index is 1.93. The van der Waals surface area contributed by atoms with Gasteiger partial charge in [0.25, 0.3) is 0 Å². The molecule has 1 aliphatic rings.